The molecule has 2 heteroatoms. The number of carbonyl (C=O) groups excluding carboxylic acids is 1. The van der Waals surface area contributed by atoms with Crippen molar-refractivity contribution >= 4 is 5.78 Å². The van der Waals surface area contributed by atoms with Crippen LogP contribution in [0.25, 0.3) is 0 Å². The van der Waals surface area contributed by atoms with E-state index < -0.39 is 0 Å². The van der Waals surface area contributed by atoms with E-state index >= 15 is 0 Å². The molecule has 58 valence electrons. The predicted octanol–water partition coefficient (Wildman–Crippen LogP) is -0.0627. The van der Waals surface area contributed by atoms with Crippen LogP contribution < -0.4 is 5.32 Å². The molecule has 2 nitrogen and oxygen atoms in total. The number of nitrogens with two attached hydrogens (primary N) is 1. The predicted molar refractivity (Wildman–Crippen MR) is 39.7 cm³/mol. The third-order valence-corrected chi connectivity index (χ3v) is 2.21. The fraction of sp³-hybridized carbons (Fsp3) is 0.875. The highest BCUT2D eigenvalue weighted by Gasteiger charge is 2.24. The fourth-order valence-electron chi connectivity index (χ4n) is 1.41. The van der Waals surface area contributed by atoms with Gasteiger partial charge < -0.3 is 5.32 Å². The van der Waals surface area contributed by atoms with Gasteiger partial charge in [0.05, 0.1) is 25.4 Å². The van der Waals surface area contributed by atoms with E-state index in [4.69, 9.17) is 0 Å². The summed E-state index contributed by atoms with van der Waals surface area (Å²) >= 11 is 0. The van der Waals surface area contributed by atoms with E-state index in [-0.39, 0.29) is 0 Å². The maximum Gasteiger partial charge on any atom is 0.144 e. The Morgan fingerprint density at radius 1 is 1.60 bits per heavy atom. The van der Waals surface area contributed by atoms with E-state index in [9.17, 15) is 4.79 Å². The lowest BCUT2D eigenvalue weighted by Crippen LogP contribution is -2.93. The smallest absolute Gasteiger partial charge is 0.144 e. The van der Waals surface area contributed by atoms with Crippen molar-refractivity contribution in [2.45, 2.75) is 32.7 Å². The number of ketones is 1. The maximum absolute atomic E-state index is 11.0. The van der Waals surface area contributed by atoms with E-state index in [1.807, 2.05) is 0 Å². The minimum absolute atomic E-state index is 0.446. The van der Waals surface area contributed by atoms with Crippen molar-refractivity contribution in [2.75, 3.05) is 6.54 Å². The average Bonchev–Trinajstić information content (AvgIpc) is 1.88. The molecule has 1 saturated heterocycles. The van der Waals surface area contributed by atoms with Crippen molar-refractivity contribution in [3.8, 4) is 0 Å². The van der Waals surface area contributed by atoms with Gasteiger partial charge in [-0.3, -0.25) is 4.79 Å². The molecule has 1 unspecified atom stereocenters. The summed E-state index contributed by atoms with van der Waals surface area (Å²) in [5, 5.41) is 2.30. The number of hydrogen-bond donors (Lipinski definition) is 1. The van der Waals surface area contributed by atoms with Crippen LogP contribution in [-0.4, -0.2) is 18.4 Å². The van der Waals surface area contributed by atoms with Gasteiger partial charge in [-0.05, 0) is 0 Å². The fourth-order valence-corrected chi connectivity index (χ4v) is 1.41. The van der Waals surface area contributed by atoms with Crippen molar-refractivity contribution in [1.82, 2.24) is 0 Å². The molecule has 0 radical (unpaired) electrons. The highest BCUT2D eigenvalue weighted by atomic mass is 16.1. The molecule has 0 aromatic carbocycles. The van der Waals surface area contributed by atoms with Gasteiger partial charge in [0.1, 0.15) is 5.78 Å². The Morgan fingerprint density at radius 3 is 2.70 bits per heavy atom. The summed E-state index contributed by atoms with van der Waals surface area (Å²) in [7, 11) is 0. The zero-order chi connectivity index (χ0) is 7.56. The SMILES string of the molecule is CC(C)C1CC(=O)CC[NH2+]1. The van der Waals surface area contributed by atoms with Gasteiger partial charge in [-0.1, -0.05) is 13.8 Å². The second kappa shape index (κ2) is 3.15. The normalized spacial score (nSPS) is 27.5. The molecule has 1 atom stereocenters. The van der Waals surface area contributed by atoms with Gasteiger partial charge in [-0.25, -0.2) is 0 Å². The van der Waals surface area contributed by atoms with Gasteiger partial charge in [-0.15, -0.1) is 0 Å². The average molecular weight is 142 g/mol. The Balaban J connectivity index is 2.39. The van der Waals surface area contributed by atoms with Gasteiger partial charge in [0.25, 0.3) is 0 Å². The Hall–Kier alpha value is -0.370. The number of Topliss-reactive ketones (excluding diaryl/α,β-unsaturated/α-hetero) is 1. The molecule has 1 aliphatic heterocycles. The monoisotopic (exact) mass is 142 g/mol. The second-order valence-corrected chi connectivity index (χ2v) is 3.43. The van der Waals surface area contributed by atoms with Crippen molar-refractivity contribution in [3.63, 3.8) is 0 Å². The minimum atomic E-state index is 0.446. The molecule has 0 amide bonds. The number of quaternary nitrogens is 1. The molecule has 1 aliphatic rings. The summed E-state index contributed by atoms with van der Waals surface area (Å²) in [5.74, 6) is 1.09. The third-order valence-electron chi connectivity index (χ3n) is 2.21. The largest absolute Gasteiger partial charge is 0.343 e. The lowest BCUT2D eigenvalue weighted by Gasteiger charge is -2.22. The van der Waals surface area contributed by atoms with Crippen LogP contribution in [0.3, 0.4) is 0 Å². The Kier molecular flexibility index (Phi) is 2.44. The van der Waals surface area contributed by atoms with E-state index in [1.165, 1.54) is 0 Å². The first-order chi connectivity index (χ1) is 4.70. The van der Waals surface area contributed by atoms with Gasteiger partial charge in [0.15, 0.2) is 0 Å². The van der Waals surface area contributed by atoms with Crippen molar-refractivity contribution in [3.05, 3.63) is 0 Å². The molecule has 0 bridgehead atoms. The summed E-state index contributed by atoms with van der Waals surface area (Å²) in [6.07, 6.45) is 1.57. The number of hydrogen-bond acceptors (Lipinski definition) is 1. The van der Waals surface area contributed by atoms with Crippen molar-refractivity contribution in [1.29, 1.82) is 0 Å². The van der Waals surface area contributed by atoms with Crippen LogP contribution in [-0.2, 0) is 4.79 Å². The molecule has 1 fully saturated rings. The summed E-state index contributed by atoms with van der Waals surface area (Å²) in [6, 6.07) is 0.557. The molecular formula is C8H16NO+. The molecule has 0 aromatic heterocycles. The van der Waals surface area contributed by atoms with Gasteiger partial charge in [0, 0.05) is 5.92 Å². The Bertz CT molecular complexity index is 131. The first-order valence-corrected chi connectivity index (χ1v) is 4.05. The van der Waals surface area contributed by atoms with Gasteiger partial charge in [0.2, 0.25) is 0 Å². The van der Waals surface area contributed by atoms with Gasteiger partial charge in [-0.2, -0.15) is 0 Å². The van der Waals surface area contributed by atoms with Crippen LogP contribution in [0.15, 0.2) is 0 Å². The molecule has 1 heterocycles. The second-order valence-electron chi connectivity index (χ2n) is 3.43. The molecular weight excluding hydrogens is 126 g/mol. The molecule has 0 aliphatic carbocycles. The molecule has 10 heavy (non-hydrogen) atoms. The lowest BCUT2D eigenvalue weighted by atomic mass is 9.94. The molecule has 0 spiro atoms. The lowest BCUT2D eigenvalue weighted by molar-refractivity contribution is -0.697. The van der Waals surface area contributed by atoms with Crippen molar-refractivity contribution < 1.29 is 10.1 Å². The standard InChI is InChI=1S/C8H15NO/c1-6(2)8-5-7(10)3-4-9-8/h6,8-9H,3-5H2,1-2H3/p+1. The van der Waals surface area contributed by atoms with Crippen LogP contribution in [0.5, 0.6) is 0 Å². The molecule has 2 N–H and O–H groups in total. The van der Waals surface area contributed by atoms with Crippen LogP contribution in [0, 0.1) is 5.92 Å². The summed E-state index contributed by atoms with van der Waals surface area (Å²) in [5.41, 5.74) is 0. The quantitative estimate of drug-likeness (QED) is 0.546. The highest BCUT2D eigenvalue weighted by Crippen LogP contribution is 2.05. The van der Waals surface area contributed by atoms with Crippen LogP contribution in [0.4, 0.5) is 0 Å². The van der Waals surface area contributed by atoms with E-state index in [0.29, 0.717) is 17.7 Å². The summed E-state index contributed by atoms with van der Waals surface area (Å²) < 4.78 is 0. The topological polar surface area (TPSA) is 33.7 Å². The first kappa shape index (κ1) is 7.73. The zero-order valence-electron chi connectivity index (χ0n) is 6.76. The van der Waals surface area contributed by atoms with Crippen LogP contribution in [0.1, 0.15) is 26.7 Å². The third kappa shape index (κ3) is 1.81. The Morgan fingerprint density at radius 2 is 2.30 bits per heavy atom. The minimum Gasteiger partial charge on any atom is -0.343 e. The zero-order valence-corrected chi connectivity index (χ0v) is 6.76. The van der Waals surface area contributed by atoms with E-state index in [1.54, 1.807) is 0 Å². The highest BCUT2D eigenvalue weighted by molar-refractivity contribution is 5.79. The summed E-state index contributed by atoms with van der Waals surface area (Å²) in [4.78, 5) is 11.0. The number of piperidine rings is 1. The molecule has 0 saturated carbocycles. The van der Waals surface area contributed by atoms with E-state index in [2.05, 4.69) is 19.2 Å². The van der Waals surface area contributed by atoms with E-state index in [0.717, 1.165) is 19.4 Å². The number of rotatable bonds is 1. The molecule has 1 rings (SSSR count). The number of carbonyl (C=O) groups is 1. The first-order valence-electron chi connectivity index (χ1n) is 4.05. The van der Waals surface area contributed by atoms with Gasteiger partial charge >= 0.3 is 0 Å². The van der Waals surface area contributed by atoms with Crippen LogP contribution >= 0.6 is 0 Å². The molecule has 0 aromatic rings. The van der Waals surface area contributed by atoms with Crippen molar-refractivity contribution in [2.24, 2.45) is 5.92 Å². The Labute approximate surface area is 62.0 Å². The summed E-state index contributed by atoms with van der Waals surface area (Å²) in [6.45, 7) is 5.36. The maximum atomic E-state index is 11.0. The van der Waals surface area contributed by atoms with Crippen LogP contribution in [0.2, 0.25) is 0 Å².